The lowest BCUT2D eigenvalue weighted by molar-refractivity contribution is 0.0714. The molecule has 172 valence electrons. The number of halogens is 1. The molecule has 3 aromatic carbocycles. The van der Waals surface area contributed by atoms with Gasteiger partial charge in [0.2, 0.25) is 5.76 Å². The number of fused-ring (bicyclic) bond motifs is 2. The molecule has 6 heteroatoms. The fourth-order valence-electron chi connectivity index (χ4n) is 4.39. The number of rotatable bonds is 6. The van der Waals surface area contributed by atoms with E-state index in [0.717, 1.165) is 29.2 Å². The Bertz CT molecular complexity index is 1440. The molecule has 1 atom stereocenters. The number of nitrogens with zero attached hydrogens (tertiary/aromatic N) is 1. The van der Waals surface area contributed by atoms with E-state index in [1.165, 1.54) is 12.1 Å². The summed E-state index contributed by atoms with van der Waals surface area (Å²) in [6, 6.07) is 18.4. The van der Waals surface area contributed by atoms with Crippen LogP contribution in [0, 0.1) is 12.7 Å². The Morgan fingerprint density at radius 1 is 1.03 bits per heavy atom. The predicted octanol–water partition coefficient (Wildman–Crippen LogP) is 5.77. The van der Waals surface area contributed by atoms with Crippen LogP contribution >= 0.6 is 0 Å². The number of hydrogen-bond acceptors (Lipinski definition) is 4. The minimum absolute atomic E-state index is 0.00102. The zero-order valence-corrected chi connectivity index (χ0v) is 19.0. The van der Waals surface area contributed by atoms with E-state index in [1.54, 1.807) is 4.90 Å². The first-order valence-corrected chi connectivity index (χ1v) is 11.3. The quantitative estimate of drug-likeness (QED) is 0.369. The molecule has 1 aliphatic rings. The summed E-state index contributed by atoms with van der Waals surface area (Å²) in [6.45, 7) is 4.87. The van der Waals surface area contributed by atoms with Crippen molar-refractivity contribution in [3.05, 3.63) is 111 Å². The molecule has 1 amide bonds. The van der Waals surface area contributed by atoms with Gasteiger partial charge in [0.25, 0.3) is 5.91 Å². The number of benzene rings is 3. The van der Waals surface area contributed by atoms with Gasteiger partial charge in [0, 0.05) is 6.54 Å². The van der Waals surface area contributed by atoms with Gasteiger partial charge in [0.05, 0.1) is 23.6 Å². The van der Waals surface area contributed by atoms with Gasteiger partial charge in [0.15, 0.2) is 5.43 Å². The van der Waals surface area contributed by atoms with Crippen LogP contribution in [0.5, 0.6) is 5.75 Å². The summed E-state index contributed by atoms with van der Waals surface area (Å²) in [7, 11) is 0. The van der Waals surface area contributed by atoms with Crippen molar-refractivity contribution in [1.29, 1.82) is 0 Å². The SMILES string of the molecule is CCCOc1cccc(C2c3c(oc4ccc(F)cc4c3=O)C(=O)N2Cc2ccc(C)cc2)c1. The van der Waals surface area contributed by atoms with Crippen molar-refractivity contribution in [1.82, 2.24) is 4.90 Å². The molecule has 4 aromatic rings. The summed E-state index contributed by atoms with van der Waals surface area (Å²) in [5, 5.41) is 0.118. The number of amides is 1. The molecule has 1 aliphatic heterocycles. The van der Waals surface area contributed by atoms with Gasteiger partial charge in [0.1, 0.15) is 17.1 Å². The van der Waals surface area contributed by atoms with Crippen molar-refractivity contribution in [2.24, 2.45) is 0 Å². The van der Waals surface area contributed by atoms with Gasteiger partial charge in [-0.15, -0.1) is 0 Å². The van der Waals surface area contributed by atoms with Crippen LogP contribution in [0.3, 0.4) is 0 Å². The molecule has 0 N–H and O–H groups in total. The van der Waals surface area contributed by atoms with Crippen LogP contribution < -0.4 is 10.2 Å². The third kappa shape index (κ3) is 3.85. The largest absolute Gasteiger partial charge is 0.494 e. The van der Waals surface area contributed by atoms with E-state index in [1.807, 2.05) is 62.4 Å². The third-order valence-corrected chi connectivity index (χ3v) is 6.05. The lowest BCUT2D eigenvalue weighted by Gasteiger charge is -2.25. The van der Waals surface area contributed by atoms with Gasteiger partial charge in [-0.3, -0.25) is 9.59 Å². The van der Waals surface area contributed by atoms with Crippen LogP contribution in [0.1, 0.15) is 52.2 Å². The average Bonchev–Trinajstić information content (AvgIpc) is 3.11. The molecule has 2 heterocycles. The van der Waals surface area contributed by atoms with E-state index in [-0.39, 0.29) is 34.7 Å². The highest BCUT2D eigenvalue weighted by atomic mass is 19.1. The second-order valence-corrected chi connectivity index (χ2v) is 8.56. The van der Waals surface area contributed by atoms with Crippen molar-refractivity contribution in [2.45, 2.75) is 32.9 Å². The van der Waals surface area contributed by atoms with Gasteiger partial charge < -0.3 is 14.1 Å². The Hall–Kier alpha value is -3.93. The highest BCUT2D eigenvalue weighted by molar-refractivity contribution is 5.99. The second kappa shape index (κ2) is 8.78. The average molecular weight is 458 g/mol. The lowest BCUT2D eigenvalue weighted by Crippen LogP contribution is -2.29. The van der Waals surface area contributed by atoms with Gasteiger partial charge in [-0.1, -0.05) is 48.9 Å². The highest BCUT2D eigenvalue weighted by Crippen LogP contribution is 2.40. The molecule has 1 unspecified atom stereocenters. The number of aryl methyl sites for hydroxylation is 1. The van der Waals surface area contributed by atoms with E-state index >= 15 is 0 Å². The first-order chi connectivity index (χ1) is 16.5. The molecule has 5 nitrogen and oxygen atoms in total. The van der Waals surface area contributed by atoms with Crippen LogP contribution in [0.2, 0.25) is 0 Å². The minimum atomic E-state index is -0.683. The molecule has 34 heavy (non-hydrogen) atoms. The van der Waals surface area contributed by atoms with Crippen molar-refractivity contribution in [3.8, 4) is 5.75 Å². The van der Waals surface area contributed by atoms with E-state index in [4.69, 9.17) is 9.15 Å². The van der Waals surface area contributed by atoms with E-state index < -0.39 is 17.3 Å². The molecular formula is C28H24FNO4. The van der Waals surface area contributed by atoms with Gasteiger partial charge in [-0.2, -0.15) is 0 Å². The molecule has 0 fully saturated rings. The lowest BCUT2D eigenvalue weighted by atomic mass is 9.98. The first kappa shape index (κ1) is 21.9. The van der Waals surface area contributed by atoms with E-state index in [0.29, 0.717) is 12.4 Å². The summed E-state index contributed by atoms with van der Waals surface area (Å²) >= 11 is 0. The summed E-state index contributed by atoms with van der Waals surface area (Å²) in [6.07, 6.45) is 0.857. The van der Waals surface area contributed by atoms with Crippen LogP contribution in [0.4, 0.5) is 4.39 Å². The van der Waals surface area contributed by atoms with Crippen LogP contribution in [0.25, 0.3) is 11.0 Å². The Labute approximate surface area is 196 Å². The van der Waals surface area contributed by atoms with E-state index in [9.17, 15) is 14.0 Å². The fourth-order valence-corrected chi connectivity index (χ4v) is 4.39. The molecular weight excluding hydrogens is 433 g/mol. The van der Waals surface area contributed by atoms with E-state index in [2.05, 4.69) is 0 Å². The molecule has 1 aromatic heterocycles. The first-order valence-electron chi connectivity index (χ1n) is 11.3. The van der Waals surface area contributed by atoms with Crippen LogP contribution in [0.15, 0.2) is 75.9 Å². The van der Waals surface area contributed by atoms with Crippen molar-refractivity contribution >= 4 is 16.9 Å². The summed E-state index contributed by atoms with van der Waals surface area (Å²) < 4.78 is 25.7. The summed E-state index contributed by atoms with van der Waals surface area (Å²) in [5.41, 5.74) is 2.79. The summed E-state index contributed by atoms with van der Waals surface area (Å²) in [4.78, 5) is 28.8. The van der Waals surface area contributed by atoms with Gasteiger partial charge in [-0.05, 0) is 54.8 Å². The Balaban J connectivity index is 1.68. The Morgan fingerprint density at radius 3 is 2.59 bits per heavy atom. The maximum atomic E-state index is 14.0. The highest BCUT2D eigenvalue weighted by Gasteiger charge is 2.42. The Morgan fingerprint density at radius 2 is 1.82 bits per heavy atom. The minimum Gasteiger partial charge on any atom is -0.494 e. The van der Waals surface area contributed by atoms with Crippen molar-refractivity contribution in [3.63, 3.8) is 0 Å². The Kier molecular flexibility index (Phi) is 5.65. The maximum Gasteiger partial charge on any atom is 0.291 e. The van der Waals surface area contributed by atoms with Crippen LogP contribution in [-0.4, -0.2) is 17.4 Å². The fraction of sp³-hybridized carbons (Fsp3) is 0.214. The molecule has 0 spiro atoms. The van der Waals surface area contributed by atoms with Crippen molar-refractivity contribution in [2.75, 3.05) is 6.61 Å². The molecule has 0 saturated heterocycles. The molecule has 0 radical (unpaired) electrons. The standard InChI is InChI=1S/C28H24FNO4/c1-3-13-33-21-6-4-5-19(14-21)25-24-26(31)22-15-20(29)11-12-23(22)34-27(24)28(32)30(25)16-18-9-7-17(2)8-10-18/h4-12,14-15,25H,3,13,16H2,1-2H3. The van der Waals surface area contributed by atoms with Crippen LogP contribution in [-0.2, 0) is 6.54 Å². The normalized spacial score (nSPS) is 15.1. The topological polar surface area (TPSA) is 59.8 Å². The zero-order chi connectivity index (χ0) is 23.8. The number of carbonyl (C=O) groups is 1. The number of ether oxygens (including phenoxy) is 1. The van der Waals surface area contributed by atoms with Crippen molar-refractivity contribution < 1.29 is 18.3 Å². The summed E-state index contributed by atoms with van der Waals surface area (Å²) in [5.74, 6) is -0.247. The molecule has 5 rings (SSSR count). The molecule has 0 saturated carbocycles. The monoisotopic (exact) mass is 457 g/mol. The van der Waals surface area contributed by atoms with Gasteiger partial charge >= 0.3 is 0 Å². The zero-order valence-electron chi connectivity index (χ0n) is 19.0. The van der Waals surface area contributed by atoms with Gasteiger partial charge in [-0.25, -0.2) is 4.39 Å². The smallest absolute Gasteiger partial charge is 0.291 e. The maximum absolute atomic E-state index is 14.0. The number of hydrogen-bond donors (Lipinski definition) is 0. The molecule has 0 bridgehead atoms. The number of carbonyl (C=O) groups excluding carboxylic acids is 1. The third-order valence-electron chi connectivity index (χ3n) is 6.05. The molecule has 0 aliphatic carbocycles. The second-order valence-electron chi connectivity index (χ2n) is 8.56. The predicted molar refractivity (Wildman–Crippen MR) is 128 cm³/mol.